The number of hydrogen-bond acceptors (Lipinski definition) is 2. The molecule has 9 heavy (non-hydrogen) atoms. The van der Waals surface area contributed by atoms with Crippen molar-refractivity contribution in [3.63, 3.8) is 0 Å². The summed E-state index contributed by atoms with van der Waals surface area (Å²) in [5, 5.41) is 3.25. The predicted octanol–water partition coefficient (Wildman–Crippen LogP) is 0.954. The third-order valence-corrected chi connectivity index (χ3v) is 1.51. The summed E-state index contributed by atoms with van der Waals surface area (Å²) < 4.78 is 0. The Balaban J connectivity index is 2.72. The van der Waals surface area contributed by atoms with Crippen molar-refractivity contribution in [3.8, 4) is 0 Å². The van der Waals surface area contributed by atoms with E-state index in [2.05, 4.69) is 24.2 Å². The van der Waals surface area contributed by atoms with E-state index in [1.54, 1.807) is 0 Å². The first-order valence-electron chi connectivity index (χ1n) is 3.22. The van der Waals surface area contributed by atoms with Gasteiger partial charge in [0.1, 0.15) is 0 Å². The Kier molecular flexibility index (Phi) is 1.88. The highest BCUT2D eigenvalue weighted by Gasteiger charge is 1.95. The average Bonchev–Trinajstić information content (AvgIpc) is 1.99. The summed E-state index contributed by atoms with van der Waals surface area (Å²) in [6.07, 6.45) is 1.93. The van der Waals surface area contributed by atoms with Gasteiger partial charge in [0.15, 0.2) is 0 Å². The lowest BCUT2D eigenvalue weighted by Gasteiger charge is -2.01. The molecule has 2 heteroatoms. The van der Waals surface area contributed by atoms with Crippen LogP contribution in [0.2, 0.25) is 0 Å². The molecule has 2 nitrogen and oxygen atoms in total. The smallest absolute Gasteiger partial charge is 0.0562 e. The van der Waals surface area contributed by atoms with Gasteiger partial charge >= 0.3 is 0 Å². The minimum absolute atomic E-state index is 0.898. The van der Waals surface area contributed by atoms with Gasteiger partial charge in [-0.3, -0.25) is 4.99 Å². The Morgan fingerprint density at radius 1 is 1.56 bits per heavy atom. The van der Waals surface area contributed by atoms with Crippen molar-refractivity contribution in [1.29, 1.82) is 0 Å². The molecule has 0 unspecified atom stereocenters. The molecule has 0 bridgehead atoms. The number of aliphatic imine (C=N–C) groups is 1. The van der Waals surface area contributed by atoms with Crippen molar-refractivity contribution in [1.82, 2.24) is 5.32 Å². The zero-order chi connectivity index (χ0) is 6.69. The highest BCUT2D eigenvalue weighted by molar-refractivity contribution is 5.78. The van der Waals surface area contributed by atoms with Gasteiger partial charge in [-0.25, -0.2) is 0 Å². The number of nitrogens with zero attached hydrogens (tertiary/aromatic N) is 1. The van der Waals surface area contributed by atoms with E-state index in [1.165, 1.54) is 11.3 Å². The lowest BCUT2D eigenvalue weighted by Crippen LogP contribution is -2.14. The van der Waals surface area contributed by atoms with Gasteiger partial charge in [-0.05, 0) is 19.4 Å². The van der Waals surface area contributed by atoms with Crippen LogP contribution in [0.5, 0.6) is 0 Å². The van der Waals surface area contributed by atoms with Gasteiger partial charge in [0.25, 0.3) is 0 Å². The van der Waals surface area contributed by atoms with Gasteiger partial charge in [-0.15, -0.1) is 0 Å². The van der Waals surface area contributed by atoms with E-state index >= 15 is 0 Å². The minimum Gasteiger partial charge on any atom is -0.386 e. The molecule has 1 rings (SSSR count). The molecule has 0 radical (unpaired) electrons. The zero-order valence-corrected chi connectivity index (χ0v) is 5.94. The van der Waals surface area contributed by atoms with Crippen LogP contribution >= 0.6 is 0 Å². The molecule has 0 saturated carbocycles. The van der Waals surface area contributed by atoms with Gasteiger partial charge in [-0.1, -0.05) is 0 Å². The molecule has 0 aromatic heterocycles. The lowest BCUT2D eigenvalue weighted by atomic mass is 10.3. The normalized spacial score (nSPS) is 19.3. The third-order valence-electron chi connectivity index (χ3n) is 1.51. The molecular weight excluding hydrogens is 112 g/mol. The molecule has 0 aromatic carbocycles. The van der Waals surface area contributed by atoms with Gasteiger partial charge in [-0.2, -0.15) is 0 Å². The molecule has 0 atom stereocenters. The lowest BCUT2D eigenvalue weighted by molar-refractivity contribution is 0.805. The largest absolute Gasteiger partial charge is 0.386 e. The standard InChI is InChI=1S/C7H12N2/c1-6-5-8-3-4-9-7(6)2/h5,9H,3-4H2,1-2H3. The number of rotatable bonds is 0. The van der Waals surface area contributed by atoms with Crippen LogP contribution in [0.15, 0.2) is 16.3 Å². The van der Waals surface area contributed by atoms with Crippen LogP contribution in [0.4, 0.5) is 0 Å². The fourth-order valence-corrected chi connectivity index (χ4v) is 0.746. The van der Waals surface area contributed by atoms with E-state index in [0.29, 0.717) is 0 Å². The molecule has 1 aliphatic heterocycles. The molecule has 0 aliphatic carbocycles. The SMILES string of the molecule is CC1=C(C)NCCN=C1. The van der Waals surface area contributed by atoms with Gasteiger partial charge in [0.2, 0.25) is 0 Å². The molecule has 1 N–H and O–H groups in total. The minimum atomic E-state index is 0.898. The van der Waals surface area contributed by atoms with Gasteiger partial charge in [0, 0.05) is 18.5 Å². The third kappa shape index (κ3) is 1.56. The number of nitrogens with one attached hydrogen (secondary N) is 1. The van der Waals surface area contributed by atoms with Crippen molar-refractivity contribution in [2.24, 2.45) is 4.99 Å². The highest BCUT2D eigenvalue weighted by atomic mass is 14.9. The maximum Gasteiger partial charge on any atom is 0.0562 e. The Hall–Kier alpha value is -0.790. The zero-order valence-electron chi connectivity index (χ0n) is 5.94. The summed E-state index contributed by atoms with van der Waals surface area (Å²) in [5.41, 5.74) is 2.49. The summed E-state index contributed by atoms with van der Waals surface area (Å²) in [6.45, 7) is 6.01. The summed E-state index contributed by atoms with van der Waals surface area (Å²) in [6, 6.07) is 0. The van der Waals surface area contributed by atoms with Crippen molar-refractivity contribution < 1.29 is 0 Å². The second-order valence-corrected chi connectivity index (χ2v) is 2.27. The van der Waals surface area contributed by atoms with Crippen LogP contribution in [0.25, 0.3) is 0 Å². The van der Waals surface area contributed by atoms with E-state index in [1.807, 2.05) is 6.21 Å². The monoisotopic (exact) mass is 124 g/mol. The van der Waals surface area contributed by atoms with Crippen LogP contribution in [0.1, 0.15) is 13.8 Å². The quantitative estimate of drug-likeness (QED) is 0.511. The maximum absolute atomic E-state index is 4.16. The van der Waals surface area contributed by atoms with Crippen molar-refractivity contribution in [3.05, 3.63) is 11.3 Å². The highest BCUT2D eigenvalue weighted by Crippen LogP contribution is 1.98. The second-order valence-electron chi connectivity index (χ2n) is 2.27. The van der Waals surface area contributed by atoms with Crippen LogP contribution in [0, 0.1) is 0 Å². The molecular formula is C7H12N2. The molecule has 0 fully saturated rings. The Labute approximate surface area is 55.7 Å². The average molecular weight is 124 g/mol. The van der Waals surface area contributed by atoms with E-state index < -0.39 is 0 Å². The Morgan fingerprint density at radius 3 is 3.11 bits per heavy atom. The van der Waals surface area contributed by atoms with Crippen LogP contribution < -0.4 is 5.32 Å². The number of allylic oxidation sites excluding steroid dienone is 2. The summed E-state index contributed by atoms with van der Waals surface area (Å²) >= 11 is 0. The summed E-state index contributed by atoms with van der Waals surface area (Å²) in [4.78, 5) is 4.16. The molecule has 0 spiro atoms. The van der Waals surface area contributed by atoms with E-state index in [9.17, 15) is 0 Å². The molecule has 0 aromatic rings. The molecule has 1 heterocycles. The predicted molar refractivity (Wildman–Crippen MR) is 39.7 cm³/mol. The van der Waals surface area contributed by atoms with E-state index in [0.717, 1.165) is 13.1 Å². The summed E-state index contributed by atoms with van der Waals surface area (Å²) in [7, 11) is 0. The second kappa shape index (κ2) is 2.67. The Bertz CT molecular complexity index is 156. The van der Waals surface area contributed by atoms with Crippen molar-refractivity contribution in [2.75, 3.05) is 13.1 Å². The maximum atomic E-state index is 4.16. The molecule has 1 aliphatic rings. The van der Waals surface area contributed by atoms with Gasteiger partial charge < -0.3 is 5.32 Å². The first kappa shape index (κ1) is 6.33. The molecule has 0 amide bonds. The topological polar surface area (TPSA) is 24.4 Å². The fraction of sp³-hybridized carbons (Fsp3) is 0.571. The first-order chi connectivity index (χ1) is 4.30. The summed E-state index contributed by atoms with van der Waals surface area (Å²) in [5.74, 6) is 0. The first-order valence-corrected chi connectivity index (χ1v) is 3.22. The molecule has 50 valence electrons. The molecule has 0 saturated heterocycles. The van der Waals surface area contributed by atoms with Crippen LogP contribution in [-0.2, 0) is 0 Å². The van der Waals surface area contributed by atoms with E-state index in [4.69, 9.17) is 0 Å². The van der Waals surface area contributed by atoms with Gasteiger partial charge in [0.05, 0.1) is 6.54 Å². The van der Waals surface area contributed by atoms with E-state index in [-0.39, 0.29) is 0 Å². The fourth-order valence-electron chi connectivity index (χ4n) is 0.746. The van der Waals surface area contributed by atoms with Crippen LogP contribution in [0.3, 0.4) is 0 Å². The number of hydrogen-bond donors (Lipinski definition) is 1. The van der Waals surface area contributed by atoms with Crippen molar-refractivity contribution in [2.45, 2.75) is 13.8 Å². The van der Waals surface area contributed by atoms with Crippen LogP contribution in [-0.4, -0.2) is 19.3 Å². The van der Waals surface area contributed by atoms with Crippen molar-refractivity contribution >= 4 is 6.21 Å². The Morgan fingerprint density at radius 2 is 2.33 bits per heavy atom.